The zero-order valence-electron chi connectivity index (χ0n) is 15.2. The number of primary amides is 1. The third-order valence-electron chi connectivity index (χ3n) is 4.45. The first-order valence-corrected chi connectivity index (χ1v) is 8.55. The number of nitrogens with zero attached hydrogens (tertiary/aromatic N) is 3. The number of nitrogens with two attached hydrogens (primary N) is 1. The summed E-state index contributed by atoms with van der Waals surface area (Å²) in [6.07, 6.45) is -0.564. The van der Waals surface area contributed by atoms with Crippen molar-refractivity contribution in [3.63, 3.8) is 0 Å². The second kappa shape index (κ2) is 6.31. The van der Waals surface area contributed by atoms with Gasteiger partial charge >= 0.3 is 0 Å². The maximum Gasteiger partial charge on any atom is 0.284 e. The van der Waals surface area contributed by atoms with Crippen molar-refractivity contribution in [3.8, 4) is 0 Å². The average molecular weight is 346 g/mol. The third kappa shape index (κ3) is 3.62. The Morgan fingerprint density at radius 3 is 2.72 bits per heavy atom. The minimum absolute atomic E-state index is 0.207. The average Bonchev–Trinajstić information content (AvgIpc) is 3.10. The number of hydrogen-bond acceptors (Lipinski definition) is 5. The molecule has 0 bridgehead atoms. The van der Waals surface area contributed by atoms with Gasteiger partial charge in [-0.25, -0.2) is 0 Å². The summed E-state index contributed by atoms with van der Waals surface area (Å²) in [4.78, 5) is 13.8. The Hall–Kier alpha value is -2.12. The molecule has 7 heteroatoms. The van der Waals surface area contributed by atoms with Gasteiger partial charge in [-0.1, -0.05) is 20.8 Å². The number of fused-ring (bicyclic) bond motifs is 1. The number of rotatable bonds is 4. The van der Waals surface area contributed by atoms with Gasteiger partial charge in [0.1, 0.15) is 5.76 Å². The monoisotopic (exact) mass is 346 g/mol. The molecule has 0 aromatic carbocycles. The first kappa shape index (κ1) is 17.7. The molecule has 0 saturated heterocycles. The highest BCUT2D eigenvalue weighted by Gasteiger charge is 2.27. The molecule has 136 valence electrons. The molecule has 7 nitrogen and oxygen atoms in total. The summed E-state index contributed by atoms with van der Waals surface area (Å²) >= 11 is 0. The van der Waals surface area contributed by atoms with Crippen molar-refractivity contribution in [2.24, 2.45) is 5.73 Å². The van der Waals surface area contributed by atoms with E-state index in [9.17, 15) is 9.90 Å². The highest BCUT2D eigenvalue weighted by atomic mass is 16.4. The number of carbonyl (C=O) groups excluding carboxylic acids is 1. The van der Waals surface area contributed by atoms with Crippen LogP contribution in [0.25, 0.3) is 0 Å². The van der Waals surface area contributed by atoms with Crippen molar-refractivity contribution >= 4 is 5.91 Å². The van der Waals surface area contributed by atoms with Gasteiger partial charge in [0, 0.05) is 30.6 Å². The molecule has 1 aliphatic rings. The Bertz CT molecular complexity index is 783. The molecular weight excluding hydrogens is 320 g/mol. The van der Waals surface area contributed by atoms with Gasteiger partial charge in [0.2, 0.25) is 0 Å². The van der Waals surface area contributed by atoms with Crippen molar-refractivity contribution in [1.82, 2.24) is 14.7 Å². The van der Waals surface area contributed by atoms with Gasteiger partial charge in [-0.2, -0.15) is 5.10 Å². The largest absolute Gasteiger partial charge is 0.455 e. The summed E-state index contributed by atoms with van der Waals surface area (Å²) in [6.45, 7) is 10.9. The van der Waals surface area contributed by atoms with E-state index in [2.05, 4.69) is 30.8 Å². The SMILES string of the molecule is C[C@@H](O)c1cc2n(n1)CCN(Cc1cc(C(N)=O)oc1C(C)(C)C)C2. The summed E-state index contributed by atoms with van der Waals surface area (Å²) in [5.41, 5.74) is 7.95. The molecule has 0 radical (unpaired) electrons. The molecular formula is C18H26N4O3. The van der Waals surface area contributed by atoms with E-state index in [-0.39, 0.29) is 11.2 Å². The van der Waals surface area contributed by atoms with Crippen molar-refractivity contribution in [2.45, 2.75) is 58.8 Å². The zero-order chi connectivity index (χ0) is 18.4. The van der Waals surface area contributed by atoms with Crippen molar-refractivity contribution < 1.29 is 14.3 Å². The van der Waals surface area contributed by atoms with Crippen LogP contribution in [0.15, 0.2) is 16.5 Å². The summed E-state index contributed by atoms with van der Waals surface area (Å²) in [6, 6.07) is 3.71. The fourth-order valence-corrected chi connectivity index (χ4v) is 3.23. The fraction of sp³-hybridized carbons (Fsp3) is 0.556. The number of carbonyl (C=O) groups is 1. The van der Waals surface area contributed by atoms with Gasteiger partial charge in [-0.15, -0.1) is 0 Å². The topological polar surface area (TPSA) is 97.5 Å². The van der Waals surface area contributed by atoms with E-state index in [1.165, 1.54) is 0 Å². The van der Waals surface area contributed by atoms with Crippen molar-refractivity contribution in [1.29, 1.82) is 0 Å². The fourth-order valence-electron chi connectivity index (χ4n) is 3.23. The maximum absolute atomic E-state index is 11.5. The summed E-state index contributed by atoms with van der Waals surface area (Å²) in [7, 11) is 0. The van der Waals surface area contributed by atoms with E-state index in [1.807, 2.05) is 10.7 Å². The summed E-state index contributed by atoms with van der Waals surface area (Å²) < 4.78 is 7.69. The second-order valence-corrected chi connectivity index (χ2v) is 7.75. The number of aliphatic hydroxyl groups is 1. The first-order chi connectivity index (χ1) is 11.6. The lowest BCUT2D eigenvalue weighted by Crippen LogP contribution is -2.33. The van der Waals surface area contributed by atoms with Crippen molar-refractivity contribution in [2.75, 3.05) is 6.54 Å². The van der Waals surface area contributed by atoms with Crippen LogP contribution in [0.5, 0.6) is 0 Å². The van der Waals surface area contributed by atoms with E-state index in [0.29, 0.717) is 12.2 Å². The standard InChI is InChI=1S/C18H26N4O3/c1-11(23)14-8-13-10-21(5-6-22(13)20-14)9-12-7-15(17(19)24)25-16(12)18(2,3)4/h7-8,11,23H,5-6,9-10H2,1-4H3,(H2,19,24)/t11-/m1/s1. The molecule has 0 aliphatic carbocycles. The van der Waals surface area contributed by atoms with Crippen LogP contribution in [-0.2, 0) is 25.0 Å². The van der Waals surface area contributed by atoms with Crippen LogP contribution in [-0.4, -0.2) is 32.2 Å². The number of aliphatic hydroxyl groups excluding tert-OH is 1. The van der Waals surface area contributed by atoms with Crippen LogP contribution in [0.2, 0.25) is 0 Å². The molecule has 0 fully saturated rings. The molecule has 0 spiro atoms. The molecule has 1 amide bonds. The number of amides is 1. The molecule has 0 unspecified atom stereocenters. The number of aromatic nitrogens is 2. The Balaban J connectivity index is 1.82. The van der Waals surface area contributed by atoms with Crippen LogP contribution in [0.3, 0.4) is 0 Å². The summed E-state index contributed by atoms with van der Waals surface area (Å²) in [5.74, 6) is 0.457. The highest BCUT2D eigenvalue weighted by Crippen LogP contribution is 2.30. The predicted octanol–water partition coefficient (Wildman–Crippen LogP) is 1.94. The zero-order valence-corrected chi connectivity index (χ0v) is 15.2. The van der Waals surface area contributed by atoms with Gasteiger partial charge in [-0.05, 0) is 19.1 Å². The Kier molecular flexibility index (Phi) is 4.47. The molecule has 3 heterocycles. The van der Waals surface area contributed by atoms with Gasteiger partial charge in [0.25, 0.3) is 5.91 Å². The molecule has 2 aromatic rings. The van der Waals surface area contributed by atoms with E-state index in [1.54, 1.807) is 13.0 Å². The Morgan fingerprint density at radius 2 is 2.12 bits per heavy atom. The second-order valence-electron chi connectivity index (χ2n) is 7.75. The van der Waals surface area contributed by atoms with Gasteiger partial charge in [0.15, 0.2) is 5.76 Å². The first-order valence-electron chi connectivity index (χ1n) is 8.55. The molecule has 1 aliphatic heterocycles. The van der Waals surface area contributed by atoms with E-state index in [4.69, 9.17) is 10.2 Å². The molecule has 0 saturated carbocycles. The quantitative estimate of drug-likeness (QED) is 0.882. The van der Waals surface area contributed by atoms with Gasteiger partial charge in [-0.3, -0.25) is 14.4 Å². The lowest BCUT2D eigenvalue weighted by atomic mass is 9.90. The van der Waals surface area contributed by atoms with E-state index < -0.39 is 12.0 Å². The lowest BCUT2D eigenvalue weighted by molar-refractivity contribution is 0.0970. The molecule has 1 atom stereocenters. The van der Waals surface area contributed by atoms with Gasteiger partial charge in [0.05, 0.1) is 24.0 Å². The normalized spacial score (nSPS) is 16.7. The van der Waals surface area contributed by atoms with Crippen LogP contribution in [0.1, 0.15) is 67.1 Å². The smallest absolute Gasteiger partial charge is 0.284 e. The Labute approximate surface area is 147 Å². The summed E-state index contributed by atoms with van der Waals surface area (Å²) in [5, 5.41) is 14.1. The van der Waals surface area contributed by atoms with Crippen LogP contribution in [0, 0.1) is 0 Å². The lowest BCUT2D eigenvalue weighted by Gasteiger charge is -2.28. The maximum atomic E-state index is 11.5. The highest BCUT2D eigenvalue weighted by molar-refractivity contribution is 5.90. The van der Waals surface area contributed by atoms with Crippen molar-refractivity contribution in [3.05, 3.63) is 40.6 Å². The molecule has 25 heavy (non-hydrogen) atoms. The molecule has 2 aromatic heterocycles. The van der Waals surface area contributed by atoms with Gasteiger partial charge < -0.3 is 15.3 Å². The predicted molar refractivity (Wildman–Crippen MR) is 92.9 cm³/mol. The minimum atomic E-state index is -0.564. The third-order valence-corrected chi connectivity index (χ3v) is 4.45. The van der Waals surface area contributed by atoms with Crippen LogP contribution >= 0.6 is 0 Å². The van der Waals surface area contributed by atoms with E-state index in [0.717, 1.165) is 36.7 Å². The number of hydrogen-bond donors (Lipinski definition) is 2. The molecule has 3 rings (SSSR count). The number of furan rings is 1. The van der Waals surface area contributed by atoms with Crippen LogP contribution in [0.4, 0.5) is 0 Å². The van der Waals surface area contributed by atoms with Crippen LogP contribution < -0.4 is 5.73 Å². The van der Waals surface area contributed by atoms with E-state index >= 15 is 0 Å². The molecule has 3 N–H and O–H groups in total. The Morgan fingerprint density at radius 1 is 1.40 bits per heavy atom. The minimum Gasteiger partial charge on any atom is -0.455 e.